The van der Waals surface area contributed by atoms with Crippen LogP contribution >= 0.6 is 0 Å². The lowest BCUT2D eigenvalue weighted by atomic mass is 10.1. The van der Waals surface area contributed by atoms with E-state index in [-0.39, 0.29) is 24.2 Å². The summed E-state index contributed by atoms with van der Waals surface area (Å²) < 4.78 is 0. The molecule has 0 radical (unpaired) electrons. The van der Waals surface area contributed by atoms with E-state index in [0.29, 0.717) is 23.8 Å². The first-order chi connectivity index (χ1) is 16.1. The molecule has 0 aliphatic carbocycles. The van der Waals surface area contributed by atoms with Crippen LogP contribution in [0.4, 0.5) is 11.5 Å². The molecule has 0 bridgehead atoms. The number of carboxylic acid groups (broad SMARTS) is 2. The van der Waals surface area contributed by atoms with Crippen molar-refractivity contribution in [1.29, 1.82) is 0 Å². The fraction of sp³-hybridized carbons (Fsp3) is 0.333. The lowest BCUT2D eigenvalue weighted by molar-refractivity contribution is -0.140. The molecule has 2 aromatic rings. The molecule has 180 valence electrons. The Morgan fingerprint density at radius 3 is 2.53 bits per heavy atom. The van der Waals surface area contributed by atoms with E-state index in [4.69, 9.17) is 16.6 Å². The van der Waals surface area contributed by atoms with E-state index in [2.05, 4.69) is 20.3 Å². The second kappa shape index (κ2) is 10.1. The molecule has 2 unspecified atom stereocenters. The van der Waals surface area contributed by atoms with Crippen molar-refractivity contribution in [3.05, 3.63) is 47.4 Å². The maximum absolute atomic E-state index is 12.4. The monoisotopic (exact) mass is 470 g/mol. The average molecular weight is 470 g/mol. The molecule has 1 amide bonds. The number of amides is 1. The number of nitrogens with zero attached hydrogens (tertiary/aromatic N) is 5. The number of fused-ring (bicyclic) bond motifs is 1. The Morgan fingerprint density at radius 1 is 1.24 bits per heavy atom. The molecule has 0 fully saturated rings. The number of nitrogens with one attached hydrogen (secondary N) is 1. The molecule has 13 nitrogen and oxygen atoms in total. The Balaban J connectivity index is 1.66. The Hall–Kier alpha value is -4.26. The molecular formula is C21H26N8O5. The van der Waals surface area contributed by atoms with Crippen molar-refractivity contribution in [2.75, 3.05) is 23.9 Å². The average Bonchev–Trinajstić information content (AvgIpc) is 2.80. The van der Waals surface area contributed by atoms with Gasteiger partial charge < -0.3 is 31.1 Å². The van der Waals surface area contributed by atoms with Gasteiger partial charge in [-0.05, 0) is 30.7 Å². The van der Waals surface area contributed by atoms with Gasteiger partial charge in [-0.3, -0.25) is 15.3 Å². The maximum atomic E-state index is 12.4. The SMILES string of the molecule is CN(Cc1cnc2c(n1)C(N)=NC(N)N2C)c1ccc(C(=O)NC(CCC(=O)O)C(=O)O)cc1. The summed E-state index contributed by atoms with van der Waals surface area (Å²) in [5, 5.41) is 20.3. The van der Waals surface area contributed by atoms with Crippen LogP contribution in [0.5, 0.6) is 0 Å². The quantitative estimate of drug-likeness (QED) is 0.318. The fourth-order valence-corrected chi connectivity index (χ4v) is 3.31. The normalized spacial score (nSPS) is 15.7. The van der Waals surface area contributed by atoms with Gasteiger partial charge in [0.05, 0.1) is 18.4 Å². The smallest absolute Gasteiger partial charge is 0.326 e. The van der Waals surface area contributed by atoms with Crippen LogP contribution in [0.1, 0.15) is 34.6 Å². The number of hydrogen-bond donors (Lipinski definition) is 5. The van der Waals surface area contributed by atoms with E-state index >= 15 is 0 Å². The number of rotatable bonds is 9. The van der Waals surface area contributed by atoms with Gasteiger partial charge in [0.2, 0.25) is 0 Å². The summed E-state index contributed by atoms with van der Waals surface area (Å²) >= 11 is 0. The van der Waals surface area contributed by atoms with Crippen molar-refractivity contribution >= 4 is 35.2 Å². The van der Waals surface area contributed by atoms with Crippen LogP contribution in [-0.4, -0.2) is 70.3 Å². The third-order valence-electron chi connectivity index (χ3n) is 5.27. The van der Waals surface area contributed by atoms with Crippen molar-refractivity contribution in [1.82, 2.24) is 15.3 Å². The second-order valence-electron chi connectivity index (χ2n) is 7.77. The molecule has 1 aromatic carbocycles. The van der Waals surface area contributed by atoms with Gasteiger partial charge in [0, 0.05) is 31.8 Å². The van der Waals surface area contributed by atoms with Crippen LogP contribution in [0.3, 0.4) is 0 Å². The molecule has 2 heterocycles. The summed E-state index contributed by atoms with van der Waals surface area (Å²) in [6.45, 7) is 0.394. The minimum Gasteiger partial charge on any atom is -0.481 e. The first-order valence-electron chi connectivity index (χ1n) is 10.3. The van der Waals surface area contributed by atoms with Crippen LogP contribution < -0.4 is 26.6 Å². The lowest BCUT2D eigenvalue weighted by Crippen LogP contribution is -2.44. The maximum Gasteiger partial charge on any atom is 0.326 e. The Kier molecular flexibility index (Phi) is 7.26. The Morgan fingerprint density at radius 2 is 1.91 bits per heavy atom. The van der Waals surface area contributed by atoms with E-state index in [1.807, 2.05) is 11.9 Å². The van der Waals surface area contributed by atoms with Gasteiger partial charge in [0.25, 0.3) is 5.91 Å². The van der Waals surface area contributed by atoms with Crippen molar-refractivity contribution in [3.63, 3.8) is 0 Å². The van der Waals surface area contributed by atoms with Gasteiger partial charge in [-0.1, -0.05) is 0 Å². The van der Waals surface area contributed by atoms with Gasteiger partial charge in [-0.15, -0.1) is 0 Å². The number of carbonyl (C=O) groups excluding carboxylic acids is 1. The van der Waals surface area contributed by atoms with Gasteiger partial charge in [0.1, 0.15) is 11.7 Å². The lowest BCUT2D eigenvalue weighted by Gasteiger charge is -2.29. The molecule has 34 heavy (non-hydrogen) atoms. The van der Waals surface area contributed by atoms with Crippen LogP contribution in [0.15, 0.2) is 35.5 Å². The first kappa shape index (κ1) is 24.4. The van der Waals surface area contributed by atoms with E-state index in [1.54, 1.807) is 42.4 Å². The highest BCUT2D eigenvalue weighted by molar-refractivity contribution is 6.01. The molecule has 0 saturated carbocycles. The number of anilines is 2. The largest absolute Gasteiger partial charge is 0.481 e. The standard InChI is InChI=1S/C21H26N8O5/c1-28(10-12-9-24-18-16(25-12)17(22)27-21(23)29(18)2)13-5-3-11(4-6-13)19(32)26-14(20(33)34)7-8-15(30)31/h3-6,9,14,21H,7-8,10,23H2,1-2H3,(H2,22,27)(H,26,32)(H,30,31)(H,33,34). The molecule has 1 aromatic heterocycles. The summed E-state index contributed by atoms with van der Waals surface area (Å²) in [7, 11) is 3.59. The van der Waals surface area contributed by atoms with Crippen LogP contribution in [0, 0.1) is 0 Å². The van der Waals surface area contributed by atoms with E-state index in [9.17, 15) is 19.5 Å². The highest BCUT2D eigenvalue weighted by Gasteiger charge is 2.25. The molecule has 0 saturated heterocycles. The number of carboxylic acids is 2. The molecule has 13 heteroatoms. The first-order valence-corrected chi connectivity index (χ1v) is 10.3. The Labute approximate surface area is 195 Å². The van der Waals surface area contributed by atoms with Crippen LogP contribution in [0.25, 0.3) is 0 Å². The molecule has 7 N–H and O–H groups in total. The molecular weight excluding hydrogens is 444 g/mol. The Bertz CT molecular complexity index is 1120. The molecule has 0 spiro atoms. The van der Waals surface area contributed by atoms with Crippen LogP contribution in [-0.2, 0) is 16.1 Å². The number of aliphatic imine (C=N–C) groups is 1. The van der Waals surface area contributed by atoms with Crippen molar-refractivity contribution in [3.8, 4) is 0 Å². The summed E-state index contributed by atoms with van der Waals surface area (Å²) in [6, 6.07) is 5.22. The highest BCUT2D eigenvalue weighted by atomic mass is 16.4. The van der Waals surface area contributed by atoms with Crippen LogP contribution in [0.2, 0.25) is 0 Å². The molecule has 1 aliphatic heterocycles. The summed E-state index contributed by atoms with van der Waals surface area (Å²) in [4.78, 5) is 51.0. The number of benzene rings is 1. The minimum atomic E-state index is -1.30. The van der Waals surface area contributed by atoms with Crippen molar-refractivity contribution < 1.29 is 24.6 Å². The number of aromatic nitrogens is 2. The van der Waals surface area contributed by atoms with E-state index < -0.39 is 30.2 Å². The third-order valence-corrected chi connectivity index (χ3v) is 5.27. The molecule has 2 atom stereocenters. The molecule has 3 rings (SSSR count). The number of amidine groups is 1. The van der Waals surface area contributed by atoms with Crippen molar-refractivity contribution in [2.45, 2.75) is 31.7 Å². The summed E-state index contributed by atoms with van der Waals surface area (Å²) in [5.41, 5.74) is 14.0. The van der Waals surface area contributed by atoms with E-state index in [1.165, 1.54) is 0 Å². The zero-order valence-corrected chi connectivity index (χ0v) is 18.7. The van der Waals surface area contributed by atoms with Gasteiger partial charge in [-0.25, -0.2) is 19.8 Å². The van der Waals surface area contributed by atoms with E-state index in [0.717, 1.165) is 5.69 Å². The summed E-state index contributed by atoms with van der Waals surface area (Å²) in [6.07, 6.45) is 0.430. The zero-order valence-electron chi connectivity index (χ0n) is 18.7. The number of carbonyl (C=O) groups is 3. The second-order valence-corrected chi connectivity index (χ2v) is 7.77. The van der Waals surface area contributed by atoms with Gasteiger partial charge in [0.15, 0.2) is 17.9 Å². The number of nitrogens with two attached hydrogens (primary N) is 2. The van der Waals surface area contributed by atoms with Gasteiger partial charge >= 0.3 is 11.9 Å². The van der Waals surface area contributed by atoms with Gasteiger partial charge in [-0.2, -0.15) is 0 Å². The zero-order chi connectivity index (χ0) is 25.0. The fourth-order valence-electron chi connectivity index (χ4n) is 3.31. The molecule has 1 aliphatic rings. The van der Waals surface area contributed by atoms with Crippen molar-refractivity contribution in [2.24, 2.45) is 16.5 Å². The predicted molar refractivity (Wildman–Crippen MR) is 123 cm³/mol. The summed E-state index contributed by atoms with van der Waals surface area (Å²) in [5.74, 6) is -2.27. The topological polar surface area (TPSA) is 200 Å². The highest BCUT2D eigenvalue weighted by Crippen LogP contribution is 2.22. The predicted octanol–water partition coefficient (Wildman–Crippen LogP) is -0.442. The third kappa shape index (κ3) is 5.56. The minimum absolute atomic E-state index is 0.212. The number of aliphatic carboxylic acids is 2. The number of hydrogen-bond acceptors (Lipinski definition) is 10.